The number of halogens is 1. The van der Waals surface area contributed by atoms with E-state index >= 15 is 0 Å². The molecule has 0 N–H and O–H groups in total. The first-order valence-electron chi connectivity index (χ1n) is 8.59. The van der Waals surface area contributed by atoms with Gasteiger partial charge in [0.25, 0.3) is 0 Å². The maximum atomic E-state index is 13.5. The molecular formula is C19H24FN3O. The maximum absolute atomic E-state index is 13.5. The molecule has 0 spiro atoms. The molecule has 3 rings (SSSR count). The lowest BCUT2D eigenvalue weighted by molar-refractivity contribution is 0.115. The van der Waals surface area contributed by atoms with Crippen LogP contribution in [-0.2, 0) is 17.7 Å². The Morgan fingerprint density at radius 3 is 2.88 bits per heavy atom. The smallest absolute Gasteiger partial charge is 0.132 e. The van der Waals surface area contributed by atoms with Crippen LogP contribution < -0.4 is 4.90 Å². The van der Waals surface area contributed by atoms with Gasteiger partial charge in [0.05, 0.1) is 6.10 Å². The Morgan fingerprint density at radius 2 is 2.17 bits per heavy atom. The normalized spacial score (nSPS) is 17.2. The molecule has 24 heavy (non-hydrogen) atoms. The summed E-state index contributed by atoms with van der Waals surface area (Å²) in [6, 6.07) is 8.77. The number of aromatic nitrogens is 2. The van der Waals surface area contributed by atoms with Crippen molar-refractivity contribution in [3.05, 3.63) is 53.2 Å². The number of ether oxygens (including phenoxy) is 1. The molecule has 1 unspecified atom stereocenters. The highest BCUT2D eigenvalue weighted by Crippen LogP contribution is 2.21. The quantitative estimate of drug-likeness (QED) is 0.810. The summed E-state index contributed by atoms with van der Waals surface area (Å²) >= 11 is 0. The van der Waals surface area contributed by atoms with Gasteiger partial charge in [-0.3, -0.25) is 0 Å². The number of benzene rings is 1. The summed E-state index contributed by atoms with van der Waals surface area (Å²) in [5.41, 5.74) is 1.95. The number of rotatable bonds is 6. The lowest BCUT2D eigenvalue weighted by Crippen LogP contribution is -2.32. The maximum Gasteiger partial charge on any atom is 0.132 e. The van der Waals surface area contributed by atoms with Crippen molar-refractivity contribution in [3.63, 3.8) is 0 Å². The van der Waals surface area contributed by atoms with Crippen molar-refractivity contribution in [3.8, 4) is 0 Å². The Balaban J connectivity index is 1.87. The largest absolute Gasteiger partial charge is 0.376 e. The minimum Gasteiger partial charge on any atom is -0.376 e. The first-order valence-corrected chi connectivity index (χ1v) is 8.59. The Kier molecular flexibility index (Phi) is 5.41. The van der Waals surface area contributed by atoms with E-state index in [0.717, 1.165) is 55.3 Å². The first-order chi connectivity index (χ1) is 11.6. The average Bonchev–Trinajstić information content (AvgIpc) is 3.07. The summed E-state index contributed by atoms with van der Waals surface area (Å²) in [5.74, 6) is 1.44. The molecule has 1 aliphatic rings. The number of nitrogens with zero attached hydrogens (tertiary/aromatic N) is 3. The van der Waals surface area contributed by atoms with Crippen LogP contribution in [0, 0.1) is 12.7 Å². The van der Waals surface area contributed by atoms with Crippen LogP contribution in [-0.4, -0.2) is 29.2 Å². The van der Waals surface area contributed by atoms with Gasteiger partial charge in [0.1, 0.15) is 17.5 Å². The molecule has 0 amide bonds. The van der Waals surface area contributed by atoms with E-state index in [4.69, 9.17) is 4.74 Å². The molecule has 0 bridgehead atoms. The summed E-state index contributed by atoms with van der Waals surface area (Å²) in [5, 5.41) is 0. The van der Waals surface area contributed by atoms with E-state index in [9.17, 15) is 4.39 Å². The van der Waals surface area contributed by atoms with Gasteiger partial charge in [-0.25, -0.2) is 14.4 Å². The second-order valence-corrected chi connectivity index (χ2v) is 6.26. The molecule has 0 saturated carbocycles. The monoisotopic (exact) mass is 329 g/mol. The molecule has 1 fully saturated rings. The lowest BCUT2D eigenvalue weighted by Gasteiger charge is -2.27. The summed E-state index contributed by atoms with van der Waals surface area (Å²) in [6.07, 6.45) is 3.23. The zero-order valence-electron chi connectivity index (χ0n) is 14.3. The molecule has 2 aromatic rings. The second kappa shape index (κ2) is 7.71. The van der Waals surface area contributed by atoms with Crippen molar-refractivity contribution in [1.29, 1.82) is 0 Å². The Labute approximate surface area is 142 Å². The van der Waals surface area contributed by atoms with Crippen molar-refractivity contribution < 1.29 is 9.13 Å². The molecule has 0 radical (unpaired) electrons. The summed E-state index contributed by atoms with van der Waals surface area (Å²) in [4.78, 5) is 11.2. The van der Waals surface area contributed by atoms with Crippen LogP contribution in [0.5, 0.6) is 0 Å². The van der Waals surface area contributed by atoms with Crippen molar-refractivity contribution in [2.24, 2.45) is 0 Å². The Bertz CT molecular complexity index is 686. The lowest BCUT2D eigenvalue weighted by atomic mass is 10.1. The van der Waals surface area contributed by atoms with Crippen molar-refractivity contribution in [2.45, 2.75) is 45.8 Å². The van der Waals surface area contributed by atoms with Gasteiger partial charge in [-0.05, 0) is 43.9 Å². The van der Waals surface area contributed by atoms with Gasteiger partial charge >= 0.3 is 0 Å². The van der Waals surface area contributed by atoms with E-state index in [0.29, 0.717) is 6.54 Å². The molecule has 1 aliphatic heterocycles. The molecule has 4 nitrogen and oxygen atoms in total. The molecule has 0 aliphatic carbocycles. The topological polar surface area (TPSA) is 38.2 Å². The third-order valence-electron chi connectivity index (χ3n) is 4.27. The molecule has 2 heterocycles. The van der Waals surface area contributed by atoms with Gasteiger partial charge in [-0.15, -0.1) is 0 Å². The molecular weight excluding hydrogens is 305 g/mol. The fourth-order valence-electron chi connectivity index (χ4n) is 3.08. The number of hydrogen-bond donors (Lipinski definition) is 0. The summed E-state index contributed by atoms with van der Waals surface area (Å²) in [7, 11) is 0. The standard InChI is InChI=1S/C19H24FN3O/c1-3-17-11-19(22-14(2)21-17)23(13-18-8-5-9-24-18)12-15-6-4-7-16(20)10-15/h4,6-7,10-11,18H,3,5,8-9,12-13H2,1-2H3. The molecule has 1 aromatic heterocycles. The average molecular weight is 329 g/mol. The van der Waals surface area contributed by atoms with Gasteiger partial charge in [0.2, 0.25) is 0 Å². The van der Waals surface area contributed by atoms with Crippen molar-refractivity contribution >= 4 is 5.82 Å². The Hall–Kier alpha value is -2.01. The minimum atomic E-state index is -0.210. The molecule has 1 aromatic carbocycles. The van der Waals surface area contributed by atoms with Crippen LogP contribution >= 0.6 is 0 Å². The second-order valence-electron chi connectivity index (χ2n) is 6.26. The molecule has 128 valence electrons. The number of hydrogen-bond acceptors (Lipinski definition) is 4. The predicted octanol–water partition coefficient (Wildman–Crippen LogP) is 3.67. The molecule has 5 heteroatoms. The van der Waals surface area contributed by atoms with E-state index in [2.05, 4.69) is 21.8 Å². The number of aryl methyl sites for hydroxylation is 2. The van der Waals surface area contributed by atoms with Crippen molar-refractivity contribution in [2.75, 3.05) is 18.1 Å². The van der Waals surface area contributed by atoms with Gasteiger partial charge in [0.15, 0.2) is 0 Å². The third kappa shape index (κ3) is 4.29. The first kappa shape index (κ1) is 16.8. The summed E-state index contributed by atoms with van der Waals surface area (Å²) < 4.78 is 19.3. The molecule has 1 saturated heterocycles. The van der Waals surface area contributed by atoms with Crippen LogP contribution in [0.1, 0.15) is 36.8 Å². The zero-order valence-corrected chi connectivity index (χ0v) is 14.3. The highest BCUT2D eigenvalue weighted by molar-refractivity contribution is 5.41. The predicted molar refractivity (Wildman–Crippen MR) is 92.6 cm³/mol. The van der Waals surface area contributed by atoms with E-state index in [1.54, 1.807) is 12.1 Å². The van der Waals surface area contributed by atoms with Crippen LogP contribution in [0.2, 0.25) is 0 Å². The van der Waals surface area contributed by atoms with Crippen LogP contribution in [0.4, 0.5) is 10.2 Å². The van der Waals surface area contributed by atoms with Crippen LogP contribution in [0.25, 0.3) is 0 Å². The van der Waals surface area contributed by atoms with Gasteiger partial charge in [-0.2, -0.15) is 0 Å². The SMILES string of the molecule is CCc1cc(N(Cc2cccc(F)c2)CC2CCCO2)nc(C)n1. The van der Waals surface area contributed by atoms with Crippen molar-refractivity contribution in [1.82, 2.24) is 9.97 Å². The van der Waals surface area contributed by atoms with E-state index in [1.807, 2.05) is 19.1 Å². The zero-order chi connectivity index (χ0) is 16.9. The summed E-state index contributed by atoms with van der Waals surface area (Å²) in [6.45, 7) is 6.19. The van der Waals surface area contributed by atoms with Crippen LogP contribution in [0.15, 0.2) is 30.3 Å². The van der Waals surface area contributed by atoms with Crippen LogP contribution in [0.3, 0.4) is 0 Å². The Morgan fingerprint density at radius 1 is 1.29 bits per heavy atom. The van der Waals surface area contributed by atoms with E-state index in [1.165, 1.54) is 6.07 Å². The fourth-order valence-corrected chi connectivity index (χ4v) is 3.08. The minimum absolute atomic E-state index is 0.207. The van der Waals surface area contributed by atoms with Gasteiger partial charge in [-0.1, -0.05) is 19.1 Å². The fraction of sp³-hybridized carbons (Fsp3) is 0.474. The van der Waals surface area contributed by atoms with Gasteiger partial charge in [0, 0.05) is 31.5 Å². The third-order valence-corrected chi connectivity index (χ3v) is 4.27. The van der Waals surface area contributed by atoms with E-state index < -0.39 is 0 Å². The number of anilines is 1. The highest BCUT2D eigenvalue weighted by atomic mass is 19.1. The molecule has 1 atom stereocenters. The highest BCUT2D eigenvalue weighted by Gasteiger charge is 2.21. The van der Waals surface area contributed by atoms with Gasteiger partial charge < -0.3 is 9.64 Å². The van der Waals surface area contributed by atoms with E-state index in [-0.39, 0.29) is 11.9 Å².